The Kier molecular flexibility index (Phi) is 25.0. The third-order valence-corrected chi connectivity index (χ3v) is 5.13. The van der Waals surface area contributed by atoms with Crippen molar-refractivity contribution in [1.29, 1.82) is 0 Å². The van der Waals surface area contributed by atoms with Gasteiger partial charge < -0.3 is 30.6 Å². The summed E-state index contributed by atoms with van der Waals surface area (Å²) in [6, 6.07) is 0. The van der Waals surface area contributed by atoms with Crippen molar-refractivity contribution in [2.24, 2.45) is 0 Å². The Bertz CT molecular complexity index is 467. The molecule has 0 aliphatic heterocycles. The molecule has 0 fully saturated rings. The molecule has 8 heteroatoms. The number of hydrogen-bond donors (Lipinski definition) is 6. The van der Waals surface area contributed by atoms with Gasteiger partial charge in [0.25, 0.3) is 0 Å². The molecule has 0 aromatic rings. The SMILES string of the molecule is CCCCCCCCCCCCCCC/C=C/C(=O)O.O=C(CO)[C@H](O)[C@@H](O)[C@H](O)CO. The number of carboxylic acid groups (broad SMARTS) is 1. The first-order chi connectivity index (χ1) is 15.3. The lowest BCUT2D eigenvalue weighted by Gasteiger charge is -2.19. The van der Waals surface area contributed by atoms with E-state index in [-0.39, 0.29) is 0 Å². The van der Waals surface area contributed by atoms with E-state index in [1.807, 2.05) is 0 Å². The Balaban J connectivity index is 0. The van der Waals surface area contributed by atoms with Crippen LogP contribution in [-0.2, 0) is 9.59 Å². The largest absolute Gasteiger partial charge is 0.478 e. The molecular formula is C24H46O8. The number of aliphatic hydroxyl groups excluding tert-OH is 5. The molecule has 0 rings (SSSR count). The van der Waals surface area contributed by atoms with Crippen LogP contribution in [0.1, 0.15) is 96.8 Å². The van der Waals surface area contributed by atoms with Crippen LogP contribution in [0.2, 0.25) is 0 Å². The van der Waals surface area contributed by atoms with Gasteiger partial charge in [-0.1, -0.05) is 90.0 Å². The number of carbonyl (C=O) groups excluding carboxylic acids is 1. The molecule has 0 aromatic carbocycles. The van der Waals surface area contributed by atoms with Gasteiger partial charge in [0.1, 0.15) is 24.9 Å². The monoisotopic (exact) mass is 462 g/mol. The fourth-order valence-corrected chi connectivity index (χ4v) is 3.07. The van der Waals surface area contributed by atoms with Crippen molar-refractivity contribution in [3.63, 3.8) is 0 Å². The predicted molar refractivity (Wildman–Crippen MR) is 124 cm³/mol. The van der Waals surface area contributed by atoms with Crippen LogP contribution in [-0.4, -0.2) is 73.9 Å². The Morgan fingerprint density at radius 3 is 1.56 bits per heavy atom. The molecule has 0 aromatic heterocycles. The number of carbonyl (C=O) groups is 2. The van der Waals surface area contributed by atoms with Crippen LogP contribution in [0.15, 0.2) is 12.2 Å². The van der Waals surface area contributed by atoms with E-state index in [1.165, 1.54) is 83.1 Å². The predicted octanol–water partition coefficient (Wildman–Crippen LogP) is 2.73. The molecule has 0 heterocycles. The summed E-state index contributed by atoms with van der Waals surface area (Å²) in [5.41, 5.74) is 0. The first-order valence-electron chi connectivity index (χ1n) is 12.0. The van der Waals surface area contributed by atoms with Gasteiger partial charge >= 0.3 is 5.97 Å². The topological polar surface area (TPSA) is 156 Å². The van der Waals surface area contributed by atoms with Gasteiger partial charge in [-0.2, -0.15) is 0 Å². The lowest BCUT2D eigenvalue weighted by atomic mass is 10.0. The van der Waals surface area contributed by atoms with Crippen LogP contribution >= 0.6 is 0 Å². The van der Waals surface area contributed by atoms with Crippen molar-refractivity contribution in [3.8, 4) is 0 Å². The number of aliphatic carboxylic acids is 1. The summed E-state index contributed by atoms with van der Waals surface area (Å²) in [6.07, 6.45) is 16.3. The van der Waals surface area contributed by atoms with E-state index in [0.29, 0.717) is 0 Å². The Hall–Kier alpha value is -1.32. The van der Waals surface area contributed by atoms with Gasteiger partial charge in [-0.05, 0) is 12.8 Å². The molecule has 190 valence electrons. The summed E-state index contributed by atoms with van der Waals surface area (Å²) in [4.78, 5) is 20.8. The smallest absolute Gasteiger partial charge is 0.327 e. The molecule has 0 aliphatic rings. The van der Waals surface area contributed by atoms with Crippen LogP contribution in [0.25, 0.3) is 0 Å². The summed E-state index contributed by atoms with van der Waals surface area (Å²) in [6.45, 7) is 0.579. The maximum Gasteiger partial charge on any atom is 0.327 e. The van der Waals surface area contributed by atoms with E-state index in [4.69, 9.17) is 30.6 Å². The summed E-state index contributed by atoms with van der Waals surface area (Å²) in [5, 5.41) is 51.5. The molecule has 32 heavy (non-hydrogen) atoms. The van der Waals surface area contributed by atoms with E-state index >= 15 is 0 Å². The van der Waals surface area contributed by atoms with Crippen molar-refractivity contribution in [1.82, 2.24) is 0 Å². The quantitative estimate of drug-likeness (QED) is 0.119. The minimum absolute atomic E-state index is 0.767. The Morgan fingerprint density at radius 1 is 0.750 bits per heavy atom. The summed E-state index contributed by atoms with van der Waals surface area (Å²) in [7, 11) is 0. The van der Waals surface area contributed by atoms with Crippen LogP contribution < -0.4 is 0 Å². The normalized spacial score (nSPS) is 13.9. The summed E-state index contributed by atoms with van der Waals surface area (Å²) >= 11 is 0. The number of Topliss-reactive ketones (excluding diaryl/α,β-unsaturated/α-hetero) is 1. The van der Waals surface area contributed by atoms with Gasteiger partial charge in [0.2, 0.25) is 0 Å². The van der Waals surface area contributed by atoms with E-state index < -0.39 is 43.3 Å². The highest BCUT2D eigenvalue weighted by atomic mass is 16.4. The van der Waals surface area contributed by atoms with Crippen molar-refractivity contribution in [3.05, 3.63) is 12.2 Å². The zero-order chi connectivity index (χ0) is 24.6. The van der Waals surface area contributed by atoms with E-state index in [2.05, 4.69) is 6.92 Å². The maximum atomic E-state index is 10.5. The minimum atomic E-state index is -1.86. The average molecular weight is 463 g/mol. The van der Waals surface area contributed by atoms with E-state index in [1.54, 1.807) is 6.08 Å². The lowest BCUT2D eigenvalue weighted by molar-refractivity contribution is -0.142. The molecule has 0 saturated heterocycles. The second-order valence-corrected chi connectivity index (χ2v) is 8.08. The lowest BCUT2D eigenvalue weighted by Crippen LogP contribution is -2.44. The third-order valence-electron chi connectivity index (χ3n) is 5.13. The van der Waals surface area contributed by atoms with E-state index in [0.717, 1.165) is 12.8 Å². The van der Waals surface area contributed by atoms with Gasteiger partial charge in [-0.15, -0.1) is 0 Å². The number of ketones is 1. The highest BCUT2D eigenvalue weighted by molar-refractivity contribution is 5.84. The first kappa shape index (κ1) is 32.9. The number of carboxylic acids is 1. The molecule has 0 unspecified atom stereocenters. The molecular weight excluding hydrogens is 416 g/mol. The van der Waals surface area contributed by atoms with Crippen molar-refractivity contribution in [2.75, 3.05) is 13.2 Å². The standard InChI is InChI=1S/C18H34O2.C6H12O6/c1-2-3-4-5-6-7-8-9-10-11-12-13-14-15-16-17-18(19)20;7-1-3(9)5(11)6(12)4(10)2-8/h16-17H,2-15H2,1H3,(H,19,20);3,5-9,11-12H,1-2H2/b17-16+;/t;3-,5+,6+/m.1/s1. The number of allylic oxidation sites excluding steroid dienone is 1. The average Bonchev–Trinajstić information content (AvgIpc) is 2.79. The molecule has 3 atom stereocenters. The van der Waals surface area contributed by atoms with Crippen molar-refractivity contribution in [2.45, 2.75) is 115 Å². The third kappa shape index (κ3) is 21.9. The fraction of sp³-hybridized carbons (Fsp3) is 0.833. The minimum Gasteiger partial charge on any atom is -0.478 e. The van der Waals surface area contributed by atoms with Crippen LogP contribution in [0.3, 0.4) is 0 Å². The zero-order valence-corrected chi connectivity index (χ0v) is 19.7. The molecule has 0 aliphatic carbocycles. The van der Waals surface area contributed by atoms with Gasteiger partial charge in [0, 0.05) is 6.08 Å². The van der Waals surface area contributed by atoms with E-state index in [9.17, 15) is 9.59 Å². The number of hydrogen-bond acceptors (Lipinski definition) is 7. The van der Waals surface area contributed by atoms with Gasteiger partial charge in [-0.3, -0.25) is 4.79 Å². The fourth-order valence-electron chi connectivity index (χ4n) is 3.07. The van der Waals surface area contributed by atoms with Crippen LogP contribution in [0.4, 0.5) is 0 Å². The molecule has 0 bridgehead atoms. The summed E-state index contributed by atoms with van der Waals surface area (Å²) < 4.78 is 0. The number of aliphatic hydroxyl groups is 5. The van der Waals surface area contributed by atoms with Crippen molar-refractivity contribution < 1.29 is 40.2 Å². The number of unbranched alkanes of at least 4 members (excludes halogenated alkanes) is 13. The highest BCUT2D eigenvalue weighted by Crippen LogP contribution is 2.13. The molecule has 8 nitrogen and oxygen atoms in total. The second-order valence-electron chi connectivity index (χ2n) is 8.08. The number of rotatable bonds is 20. The molecule has 0 amide bonds. The highest BCUT2D eigenvalue weighted by Gasteiger charge is 2.28. The second kappa shape index (κ2) is 24.3. The summed E-state index contributed by atoms with van der Waals surface area (Å²) in [5.74, 6) is -1.84. The molecule has 0 saturated carbocycles. The molecule has 0 spiro atoms. The van der Waals surface area contributed by atoms with Gasteiger partial charge in [-0.25, -0.2) is 4.79 Å². The molecule has 0 radical (unpaired) electrons. The van der Waals surface area contributed by atoms with Crippen LogP contribution in [0, 0.1) is 0 Å². The van der Waals surface area contributed by atoms with Gasteiger partial charge in [0.05, 0.1) is 6.61 Å². The Morgan fingerprint density at radius 2 is 1.19 bits per heavy atom. The maximum absolute atomic E-state index is 10.5. The van der Waals surface area contributed by atoms with Crippen molar-refractivity contribution >= 4 is 11.8 Å². The Labute approximate surface area is 193 Å². The first-order valence-corrected chi connectivity index (χ1v) is 12.0. The van der Waals surface area contributed by atoms with Gasteiger partial charge in [0.15, 0.2) is 5.78 Å². The zero-order valence-electron chi connectivity index (χ0n) is 19.7. The van der Waals surface area contributed by atoms with Crippen LogP contribution in [0.5, 0.6) is 0 Å². The molecule has 6 N–H and O–H groups in total.